The summed E-state index contributed by atoms with van der Waals surface area (Å²) in [6.07, 6.45) is 1.90. The average Bonchev–Trinajstić information content (AvgIpc) is 2.46. The smallest absolute Gasteiger partial charge is 0.0863 e. The van der Waals surface area contributed by atoms with Crippen molar-refractivity contribution in [1.29, 1.82) is 0 Å². The van der Waals surface area contributed by atoms with Crippen molar-refractivity contribution in [1.82, 2.24) is 0 Å². The molecule has 0 spiro atoms. The molecule has 2 aliphatic rings. The third-order valence-corrected chi connectivity index (χ3v) is 3.82. The lowest BCUT2D eigenvalue weighted by molar-refractivity contribution is -0.134. The second kappa shape index (κ2) is 2.60. The van der Waals surface area contributed by atoms with Crippen molar-refractivity contribution in [3.8, 4) is 0 Å². The van der Waals surface area contributed by atoms with Crippen molar-refractivity contribution < 1.29 is 9.84 Å². The van der Waals surface area contributed by atoms with Crippen LogP contribution in [0.5, 0.6) is 0 Å². The van der Waals surface area contributed by atoms with Crippen LogP contribution in [0.15, 0.2) is 0 Å². The maximum atomic E-state index is 9.87. The number of hydrogen-bond acceptors (Lipinski definition) is 2. The number of ether oxygens (including phenoxy) is 1. The minimum atomic E-state index is -0.426. The average molecular weight is 191 g/mol. The van der Waals surface area contributed by atoms with Gasteiger partial charge in [-0.3, -0.25) is 0 Å². The third kappa shape index (κ3) is 1.02. The van der Waals surface area contributed by atoms with Gasteiger partial charge in [0.05, 0.1) is 23.7 Å². The molecule has 0 radical (unpaired) electrons. The highest BCUT2D eigenvalue weighted by atomic mass is 35.5. The largest absolute Gasteiger partial charge is 0.391 e. The van der Waals surface area contributed by atoms with E-state index in [4.69, 9.17) is 16.3 Å². The zero-order chi connectivity index (χ0) is 8.93. The van der Waals surface area contributed by atoms with Crippen LogP contribution in [0.4, 0.5) is 0 Å². The van der Waals surface area contributed by atoms with Gasteiger partial charge in [-0.05, 0) is 12.8 Å². The van der Waals surface area contributed by atoms with Gasteiger partial charge in [0, 0.05) is 5.41 Å². The van der Waals surface area contributed by atoms with E-state index in [0.717, 1.165) is 12.8 Å². The first kappa shape index (κ1) is 8.79. The van der Waals surface area contributed by atoms with Crippen LogP contribution in [0.1, 0.15) is 26.7 Å². The number of aliphatic hydroxyl groups excluding tert-OH is 1. The van der Waals surface area contributed by atoms with Crippen LogP contribution in [-0.4, -0.2) is 28.8 Å². The number of hydrogen-bond donors (Lipinski definition) is 1. The lowest BCUT2D eigenvalue weighted by atomic mass is 9.78. The van der Waals surface area contributed by atoms with Crippen LogP contribution in [0.25, 0.3) is 0 Å². The fourth-order valence-electron chi connectivity index (χ4n) is 2.25. The van der Waals surface area contributed by atoms with Crippen molar-refractivity contribution in [3.63, 3.8) is 0 Å². The normalized spacial score (nSPS) is 51.0. The van der Waals surface area contributed by atoms with E-state index < -0.39 is 6.10 Å². The van der Waals surface area contributed by atoms with Gasteiger partial charge in [-0.1, -0.05) is 13.8 Å². The molecule has 4 atom stereocenters. The van der Waals surface area contributed by atoms with Crippen molar-refractivity contribution in [2.45, 2.75) is 50.4 Å². The standard InChI is InChI=1S/C9H15ClO2/c1-9(2)6-4-3-5(12-6)7(10)8(9)11/h5-8,11H,3-4H2,1-2H3/t5-,6+,7+,8+/m0/s1. The number of halogens is 1. The number of aliphatic hydroxyl groups is 1. The van der Waals surface area contributed by atoms with Gasteiger partial charge in [-0.2, -0.15) is 0 Å². The van der Waals surface area contributed by atoms with E-state index in [1.807, 2.05) is 13.8 Å². The molecule has 2 fully saturated rings. The molecule has 0 aromatic heterocycles. The summed E-state index contributed by atoms with van der Waals surface area (Å²) in [5.74, 6) is 0. The molecule has 70 valence electrons. The first-order valence-corrected chi connectivity index (χ1v) is 4.94. The molecule has 2 saturated heterocycles. The van der Waals surface area contributed by atoms with Crippen molar-refractivity contribution >= 4 is 11.6 Å². The Morgan fingerprint density at radius 3 is 2.75 bits per heavy atom. The van der Waals surface area contributed by atoms with Gasteiger partial charge >= 0.3 is 0 Å². The zero-order valence-electron chi connectivity index (χ0n) is 7.46. The van der Waals surface area contributed by atoms with Gasteiger partial charge in [0.1, 0.15) is 0 Å². The monoisotopic (exact) mass is 190 g/mol. The molecule has 2 aliphatic heterocycles. The second-order valence-corrected chi connectivity index (χ2v) is 4.96. The number of rotatable bonds is 0. The Labute approximate surface area is 77.9 Å². The molecule has 2 bridgehead atoms. The first-order chi connectivity index (χ1) is 5.53. The zero-order valence-corrected chi connectivity index (χ0v) is 8.21. The molecule has 0 aromatic rings. The van der Waals surface area contributed by atoms with Crippen molar-refractivity contribution in [3.05, 3.63) is 0 Å². The maximum Gasteiger partial charge on any atom is 0.0863 e. The summed E-state index contributed by atoms with van der Waals surface area (Å²) in [5, 5.41) is 9.65. The van der Waals surface area contributed by atoms with Crippen LogP contribution in [0.3, 0.4) is 0 Å². The van der Waals surface area contributed by atoms with E-state index in [1.165, 1.54) is 0 Å². The van der Waals surface area contributed by atoms with E-state index in [2.05, 4.69) is 0 Å². The summed E-state index contributed by atoms with van der Waals surface area (Å²) < 4.78 is 5.70. The van der Waals surface area contributed by atoms with Crippen LogP contribution in [0.2, 0.25) is 0 Å². The van der Waals surface area contributed by atoms with Crippen LogP contribution < -0.4 is 0 Å². The van der Waals surface area contributed by atoms with Gasteiger partial charge in [0.2, 0.25) is 0 Å². The lowest BCUT2D eigenvalue weighted by Gasteiger charge is -2.43. The third-order valence-electron chi connectivity index (χ3n) is 3.30. The van der Waals surface area contributed by atoms with Gasteiger partial charge in [-0.25, -0.2) is 0 Å². The summed E-state index contributed by atoms with van der Waals surface area (Å²) in [6.45, 7) is 4.05. The molecular weight excluding hydrogens is 176 g/mol. The van der Waals surface area contributed by atoms with Gasteiger partial charge in [0.15, 0.2) is 0 Å². The highest BCUT2D eigenvalue weighted by Crippen LogP contribution is 2.46. The summed E-state index contributed by atoms with van der Waals surface area (Å²) in [7, 11) is 0. The van der Waals surface area contributed by atoms with E-state index in [0.29, 0.717) is 0 Å². The molecule has 2 rings (SSSR count). The lowest BCUT2D eigenvalue weighted by Crippen LogP contribution is -2.52. The molecule has 3 heteroatoms. The predicted molar refractivity (Wildman–Crippen MR) is 47.3 cm³/mol. The van der Waals surface area contributed by atoms with Crippen LogP contribution in [-0.2, 0) is 4.74 Å². The maximum absolute atomic E-state index is 9.87. The van der Waals surface area contributed by atoms with Gasteiger partial charge in [-0.15, -0.1) is 11.6 Å². The Bertz CT molecular complexity index is 193. The summed E-state index contributed by atoms with van der Waals surface area (Å²) in [6, 6.07) is 0. The first-order valence-electron chi connectivity index (χ1n) is 4.51. The predicted octanol–water partition coefficient (Wildman–Crippen LogP) is 1.54. The Balaban J connectivity index is 2.26. The Morgan fingerprint density at radius 2 is 2.08 bits per heavy atom. The van der Waals surface area contributed by atoms with E-state index >= 15 is 0 Å². The Kier molecular flexibility index (Phi) is 1.90. The molecule has 0 aromatic carbocycles. The van der Waals surface area contributed by atoms with Crippen molar-refractivity contribution in [2.75, 3.05) is 0 Å². The summed E-state index contributed by atoms with van der Waals surface area (Å²) >= 11 is 6.07. The quantitative estimate of drug-likeness (QED) is 0.588. The van der Waals surface area contributed by atoms with Crippen LogP contribution in [0, 0.1) is 5.41 Å². The second-order valence-electron chi connectivity index (χ2n) is 4.45. The van der Waals surface area contributed by atoms with E-state index in [-0.39, 0.29) is 23.0 Å². The van der Waals surface area contributed by atoms with Gasteiger partial charge < -0.3 is 9.84 Å². The topological polar surface area (TPSA) is 29.5 Å². The fraction of sp³-hybridized carbons (Fsp3) is 1.00. The molecule has 1 N–H and O–H groups in total. The minimum Gasteiger partial charge on any atom is -0.391 e. The number of alkyl halides is 1. The molecule has 0 amide bonds. The van der Waals surface area contributed by atoms with Crippen molar-refractivity contribution in [2.24, 2.45) is 5.41 Å². The minimum absolute atomic E-state index is 0.0830. The number of fused-ring (bicyclic) bond motifs is 2. The Hall–Kier alpha value is 0.210. The molecule has 12 heavy (non-hydrogen) atoms. The molecule has 0 unspecified atom stereocenters. The highest BCUT2D eigenvalue weighted by Gasteiger charge is 2.52. The fourth-order valence-corrected chi connectivity index (χ4v) is 2.76. The molecular formula is C9H15ClO2. The molecule has 0 aliphatic carbocycles. The molecule has 0 saturated carbocycles. The molecule has 2 heterocycles. The summed E-state index contributed by atoms with van der Waals surface area (Å²) in [4.78, 5) is 0. The van der Waals surface area contributed by atoms with Gasteiger partial charge in [0.25, 0.3) is 0 Å². The van der Waals surface area contributed by atoms with E-state index in [9.17, 15) is 5.11 Å². The Morgan fingerprint density at radius 1 is 1.42 bits per heavy atom. The highest BCUT2D eigenvalue weighted by molar-refractivity contribution is 6.21. The summed E-state index contributed by atoms with van der Waals surface area (Å²) in [5.41, 5.74) is -0.181. The molecule has 2 nitrogen and oxygen atoms in total. The van der Waals surface area contributed by atoms with Crippen LogP contribution >= 0.6 is 11.6 Å². The van der Waals surface area contributed by atoms with E-state index in [1.54, 1.807) is 0 Å². The SMILES string of the molecule is CC1(C)[C@H](O)[C@H](Cl)[C@@H]2CC[C@H]1O2.